The molecule has 0 bridgehead atoms. The van der Waals surface area contributed by atoms with E-state index in [2.05, 4.69) is 15.3 Å². The zero-order chi connectivity index (χ0) is 17.2. The third-order valence-corrected chi connectivity index (χ3v) is 4.50. The topological polar surface area (TPSA) is 58.1 Å². The van der Waals surface area contributed by atoms with Crippen molar-refractivity contribution in [3.8, 4) is 0 Å². The van der Waals surface area contributed by atoms with E-state index in [0.29, 0.717) is 17.1 Å². The van der Waals surface area contributed by atoms with Crippen LogP contribution in [0.4, 0.5) is 10.3 Å². The first kappa shape index (κ1) is 16.4. The minimum absolute atomic E-state index is 0.273. The van der Waals surface area contributed by atoms with Gasteiger partial charge in [-0.2, -0.15) is 0 Å². The molecule has 1 fully saturated rings. The van der Waals surface area contributed by atoms with E-state index in [-0.39, 0.29) is 11.7 Å². The molecule has 126 valence electrons. The number of benzene rings is 1. The molecule has 1 saturated carbocycles. The highest BCUT2D eigenvalue weighted by Crippen LogP contribution is 2.40. The predicted octanol–water partition coefficient (Wildman–Crippen LogP) is 2.88. The minimum Gasteiger partial charge on any atom is -0.347 e. The van der Waals surface area contributed by atoms with Gasteiger partial charge >= 0.3 is 0 Å². The van der Waals surface area contributed by atoms with E-state index in [9.17, 15) is 9.18 Å². The van der Waals surface area contributed by atoms with Crippen molar-refractivity contribution in [3.63, 3.8) is 0 Å². The second kappa shape index (κ2) is 6.55. The minimum atomic E-state index is -0.650. The molecule has 1 amide bonds. The van der Waals surface area contributed by atoms with E-state index in [1.807, 2.05) is 14.1 Å². The summed E-state index contributed by atoms with van der Waals surface area (Å²) < 4.78 is 14.3. The summed E-state index contributed by atoms with van der Waals surface area (Å²) in [4.78, 5) is 22.7. The fourth-order valence-electron chi connectivity index (χ4n) is 3.25. The van der Waals surface area contributed by atoms with Crippen LogP contribution in [0.3, 0.4) is 0 Å². The van der Waals surface area contributed by atoms with Crippen molar-refractivity contribution in [2.24, 2.45) is 0 Å². The molecule has 3 rings (SSSR count). The van der Waals surface area contributed by atoms with Gasteiger partial charge in [0, 0.05) is 32.1 Å². The fourth-order valence-corrected chi connectivity index (χ4v) is 3.25. The van der Waals surface area contributed by atoms with Gasteiger partial charge in [-0.25, -0.2) is 14.4 Å². The van der Waals surface area contributed by atoms with Crippen LogP contribution >= 0.6 is 0 Å². The summed E-state index contributed by atoms with van der Waals surface area (Å²) in [6, 6.07) is 6.67. The van der Waals surface area contributed by atoms with Crippen LogP contribution < -0.4 is 10.2 Å². The van der Waals surface area contributed by atoms with Crippen LogP contribution in [-0.2, 0) is 5.54 Å². The largest absolute Gasteiger partial charge is 0.347 e. The second-order valence-corrected chi connectivity index (χ2v) is 6.39. The lowest BCUT2D eigenvalue weighted by Gasteiger charge is -2.31. The maximum Gasteiger partial charge on any atom is 0.255 e. The van der Waals surface area contributed by atoms with Gasteiger partial charge in [0.15, 0.2) is 0 Å². The third-order valence-electron chi connectivity index (χ3n) is 4.50. The molecule has 0 radical (unpaired) electrons. The van der Waals surface area contributed by atoms with E-state index in [1.54, 1.807) is 23.1 Å². The van der Waals surface area contributed by atoms with Gasteiger partial charge in [-0.05, 0) is 18.9 Å². The van der Waals surface area contributed by atoms with Crippen molar-refractivity contribution in [3.05, 3.63) is 53.6 Å². The number of carbonyl (C=O) groups is 1. The van der Waals surface area contributed by atoms with E-state index >= 15 is 0 Å². The summed E-state index contributed by atoms with van der Waals surface area (Å²) in [7, 11) is 3.67. The molecule has 5 nitrogen and oxygen atoms in total. The highest BCUT2D eigenvalue weighted by molar-refractivity contribution is 5.94. The molecule has 0 unspecified atom stereocenters. The van der Waals surface area contributed by atoms with Crippen molar-refractivity contribution in [2.75, 3.05) is 19.0 Å². The van der Waals surface area contributed by atoms with Gasteiger partial charge < -0.3 is 10.2 Å². The molecule has 2 aromatic rings. The number of anilines is 1. The first-order valence-corrected chi connectivity index (χ1v) is 8.09. The van der Waals surface area contributed by atoms with Gasteiger partial charge in [-0.15, -0.1) is 0 Å². The van der Waals surface area contributed by atoms with Crippen molar-refractivity contribution >= 4 is 11.9 Å². The number of aromatic nitrogens is 2. The summed E-state index contributed by atoms with van der Waals surface area (Å²) >= 11 is 0. The summed E-state index contributed by atoms with van der Waals surface area (Å²) in [5, 5.41) is 3.04. The molecule has 1 aliphatic rings. The number of rotatable bonds is 4. The van der Waals surface area contributed by atoms with Crippen LogP contribution in [0.1, 0.15) is 41.6 Å². The molecule has 0 saturated heterocycles. The molecule has 1 N–H and O–H groups in total. The molecule has 1 aromatic heterocycles. The summed E-state index contributed by atoms with van der Waals surface area (Å²) in [5.74, 6) is -0.0133. The van der Waals surface area contributed by atoms with E-state index in [4.69, 9.17) is 0 Å². The molecular weight excluding hydrogens is 307 g/mol. The predicted molar refractivity (Wildman–Crippen MR) is 90.4 cm³/mol. The molecule has 0 atom stereocenters. The molecule has 24 heavy (non-hydrogen) atoms. The monoisotopic (exact) mass is 328 g/mol. The first-order valence-electron chi connectivity index (χ1n) is 8.09. The van der Waals surface area contributed by atoms with Crippen LogP contribution in [0.15, 0.2) is 36.7 Å². The van der Waals surface area contributed by atoms with Crippen molar-refractivity contribution < 1.29 is 9.18 Å². The van der Waals surface area contributed by atoms with E-state index < -0.39 is 5.54 Å². The average Bonchev–Trinajstić information content (AvgIpc) is 3.04. The second-order valence-electron chi connectivity index (χ2n) is 6.39. The molecule has 0 spiro atoms. The summed E-state index contributed by atoms with van der Waals surface area (Å²) in [5.41, 5.74) is 0.285. The lowest BCUT2D eigenvalue weighted by Crippen LogP contribution is -2.44. The molecule has 1 aromatic carbocycles. The lowest BCUT2D eigenvalue weighted by molar-refractivity contribution is 0.0895. The highest BCUT2D eigenvalue weighted by Gasteiger charge is 2.39. The molecule has 1 aliphatic carbocycles. The zero-order valence-corrected chi connectivity index (χ0v) is 13.9. The third kappa shape index (κ3) is 3.09. The summed E-state index contributed by atoms with van der Waals surface area (Å²) in [6.45, 7) is 0. The molecular formula is C18H21FN4O. The van der Waals surface area contributed by atoms with Crippen LogP contribution in [0.5, 0.6) is 0 Å². The van der Waals surface area contributed by atoms with Gasteiger partial charge in [-0.3, -0.25) is 4.79 Å². The maximum absolute atomic E-state index is 14.3. The highest BCUT2D eigenvalue weighted by atomic mass is 19.1. The van der Waals surface area contributed by atoms with Crippen LogP contribution in [0.25, 0.3) is 0 Å². The van der Waals surface area contributed by atoms with Gasteiger partial charge in [0.1, 0.15) is 5.82 Å². The van der Waals surface area contributed by atoms with E-state index in [1.165, 1.54) is 18.5 Å². The van der Waals surface area contributed by atoms with Crippen molar-refractivity contribution in [1.29, 1.82) is 0 Å². The normalized spacial score (nSPS) is 16.0. The SMILES string of the molecule is CN(C)c1ncc(C(=O)NC2(c3ccccc3F)CCCC2)cn1. The number of hydrogen-bond acceptors (Lipinski definition) is 4. The Morgan fingerprint density at radius 2 is 1.79 bits per heavy atom. The Morgan fingerprint density at radius 3 is 2.38 bits per heavy atom. The Kier molecular flexibility index (Phi) is 4.46. The Labute approximate surface area is 140 Å². The van der Waals surface area contributed by atoms with E-state index in [0.717, 1.165) is 25.7 Å². The Balaban J connectivity index is 1.86. The van der Waals surface area contributed by atoms with Gasteiger partial charge in [0.2, 0.25) is 5.95 Å². The number of hydrogen-bond donors (Lipinski definition) is 1. The lowest BCUT2D eigenvalue weighted by atomic mass is 9.87. The van der Waals surface area contributed by atoms with Gasteiger partial charge in [0.05, 0.1) is 11.1 Å². The maximum atomic E-state index is 14.3. The Morgan fingerprint density at radius 1 is 1.17 bits per heavy atom. The fraction of sp³-hybridized carbons (Fsp3) is 0.389. The molecule has 6 heteroatoms. The van der Waals surface area contributed by atoms with Crippen LogP contribution in [0.2, 0.25) is 0 Å². The molecule has 1 heterocycles. The Hall–Kier alpha value is -2.50. The van der Waals surface area contributed by atoms with Crippen molar-refractivity contribution in [2.45, 2.75) is 31.2 Å². The molecule has 0 aliphatic heterocycles. The number of carbonyl (C=O) groups excluding carboxylic acids is 1. The Bertz CT molecular complexity index is 724. The quantitative estimate of drug-likeness (QED) is 0.937. The smallest absolute Gasteiger partial charge is 0.255 e. The van der Waals surface area contributed by atoms with Gasteiger partial charge in [-0.1, -0.05) is 31.0 Å². The van der Waals surface area contributed by atoms with Gasteiger partial charge in [0.25, 0.3) is 5.91 Å². The van der Waals surface area contributed by atoms with Crippen LogP contribution in [0, 0.1) is 5.82 Å². The number of nitrogens with zero attached hydrogens (tertiary/aromatic N) is 3. The average molecular weight is 328 g/mol. The van der Waals surface area contributed by atoms with Crippen molar-refractivity contribution in [1.82, 2.24) is 15.3 Å². The summed E-state index contributed by atoms with van der Waals surface area (Å²) in [6.07, 6.45) is 6.39. The first-order chi connectivity index (χ1) is 11.5. The number of nitrogens with one attached hydrogen (secondary N) is 1. The zero-order valence-electron chi connectivity index (χ0n) is 13.9. The standard InChI is InChI=1S/C18H21FN4O/c1-23(2)17-20-11-13(12-21-17)16(24)22-18(9-5-6-10-18)14-7-3-4-8-15(14)19/h3-4,7-8,11-12H,5-6,9-10H2,1-2H3,(H,22,24). The van der Waals surface area contributed by atoms with Crippen LogP contribution in [-0.4, -0.2) is 30.0 Å². The number of halogens is 1. The number of amides is 1.